The molecule has 2 rings (SSSR count). The maximum atomic E-state index is 12.4. The van der Waals surface area contributed by atoms with Crippen LogP contribution in [0, 0.1) is 5.92 Å². The monoisotopic (exact) mass is 262 g/mol. The fraction of sp³-hybridized carbons (Fsp3) is 0.727. The van der Waals surface area contributed by atoms with Gasteiger partial charge in [0.1, 0.15) is 12.4 Å². The normalized spacial score (nSPS) is 25.8. The Labute approximate surface area is 104 Å². The lowest BCUT2D eigenvalue weighted by atomic mass is 10.1. The zero-order chi connectivity index (χ0) is 13.3. The van der Waals surface area contributed by atoms with E-state index in [-0.39, 0.29) is 6.04 Å². The van der Waals surface area contributed by atoms with Gasteiger partial charge in [-0.15, -0.1) is 0 Å². The molecule has 1 aromatic rings. The first-order valence-electron chi connectivity index (χ1n) is 5.90. The molecule has 0 aliphatic carbocycles. The van der Waals surface area contributed by atoms with Crippen LogP contribution >= 0.6 is 0 Å². The van der Waals surface area contributed by atoms with E-state index in [1.807, 2.05) is 11.8 Å². The van der Waals surface area contributed by atoms with Crippen LogP contribution in [0.3, 0.4) is 0 Å². The summed E-state index contributed by atoms with van der Waals surface area (Å²) in [4.78, 5) is 6.04. The second-order valence-corrected chi connectivity index (χ2v) is 4.92. The number of nitrogens with zero attached hydrogens (tertiary/aromatic N) is 3. The molecule has 1 aliphatic rings. The van der Waals surface area contributed by atoms with Crippen LogP contribution in [0.4, 0.5) is 13.2 Å². The molecule has 7 heteroatoms. The van der Waals surface area contributed by atoms with Gasteiger partial charge in [0.25, 0.3) is 0 Å². The highest BCUT2D eigenvalue weighted by Crippen LogP contribution is 2.20. The van der Waals surface area contributed by atoms with E-state index in [2.05, 4.69) is 4.98 Å². The number of halogens is 3. The molecule has 2 N–H and O–H groups in total. The van der Waals surface area contributed by atoms with Gasteiger partial charge in [0.05, 0.1) is 6.54 Å². The fourth-order valence-corrected chi connectivity index (χ4v) is 2.25. The molecule has 1 aromatic heterocycles. The highest BCUT2D eigenvalue weighted by Gasteiger charge is 2.30. The first-order chi connectivity index (χ1) is 8.35. The van der Waals surface area contributed by atoms with Gasteiger partial charge >= 0.3 is 6.18 Å². The van der Waals surface area contributed by atoms with Crippen LogP contribution in [0.5, 0.6) is 0 Å². The minimum atomic E-state index is -4.22. The van der Waals surface area contributed by atoms with Crippen molar-refractivity contribution < 1.29 is 13.2 Å². The van der Waals surface area contributed by atoms with Crippen molar-refractivity contribution in [1.29, 1.82) is 0 Å². The number of nitrogens with two attached hydrogens (primary N) is 1. The number of aromatic nitrogens is 2. The van der Waals surface area contributed by atoms with Crippen molar-refractivity contribution in [3.8, 4) is 0 Å². The van der Waals surface area contributed by atoms with E-state index in [4.69, 9.17) is 5.73 Å². The van der Waals surface area contributed by atoms with Crippen LogP contribution in [0.15, 0.2) is 12.4 Å². The number of hydrogen-bond acceptors (Lipinski definition) is 3. The lowest BCUT2D eigenvalue weighted by Gasteiger charge is -2.16. The van der Waals surface area contributed by atoms with Crippen LogP contribution in [-0.2, 0) is 13.1 Å². The van der Waals surface area contributed by atoms with Gasteiger partial charge < -0.3 is 10.3 Å². The molecule has 2 heterocycles. The molecule has 0 radical (unpaired) electrons. The molecular formula is C11H17F3N4. The van der Waals surface area contributed by atoms with Crippen LogP contribution in [0.25, 0.3) is 0 Å². The molecule has 0 spiro atoms. The van der Waals surface area contributed by atoms with E-state index in [0.29, 0.717) is 24.8 Å². The molecule has 102 valence electrons. The Morgan fingerprint density at radius 1 is 1.44 bits per heavy atom. The van der Waals surface area contributed by atoms with Gasteiger partial charge in [0, 0.05) is 31.5 Å². The summed E-state index contributed by atoms with van der Waals surface area (Å²) < 4.78 is 38.2. The molecule has 1 fully saturated rings. The minimum Gasteiger partial charge on any atom is -0.326 e. The van der Waals surface area contributed by atoms with Crippen molar-refractivity contribution in [2.45, 2.75) is 32.2 Å². The molecule has 2 atom stereocenters. The molecule has 2 unspecified atom stereocenters. The third-order valence-electron chi connectivity index (χ3n) is 3.26. The largest absolute Gasteiger partial charge is 0.406 e. The molecule has 1 aliphatic heterocycles. The molecule has 4 nitrogen and oxygen atoms in total. The Balaban J connectivity index is 2.00. The Morgan fingerprint density at radius 2 is 2.17 bits per heavy atom. The first-order valence-corrected chi connectivity index (χ1v) is 5.90. The van der Waals surface area contributed by atoms with Crippen molar-refractivity contribution in [2.24, 2.45) is 11.7 Å². The number of alkyl halides is 3. The highest BCUT2D eigenvalue weighted by molar-refractivity contribution is 4.95. The molecular weight excluding hydrogens is 245 g/mol. The van der Waals surface area contributed by atoms with Gasteiger partial charge in [-0.1, -0.05) is 6.92 Å². The Bertz CT molecular complexity index is 391. The smallest absolute Gasteiger partial charge is 0.326 e. The molecule has 0 saturated carbocycles. The van der Waals surface area contributed by atoms with Crippen molar-refractivity contribution in [3.63, 3.8) is 0 Å². The second-order valence-electron chi connectivity index (χ2n) is 4.92. The summed E-state index contributed by atoms with van der Waals surface area (Å²) >= 11 is 0. The predicted octanol–water partition coefficient (Wildman–Crippen LogP) is 1.22. The van der Waals surface area contributed by atoms with Crippen LogP contribution in [0.1, 0.15) is 12.7 Å². The zero-order valence-corrected chi connectivity index (χ0v) is 10.2. The Kier molecular flexibility index (Phi) is 3.63. The highest BCUT2D eigenvalue weighted by atomic mass is 19.4. The van der Waals surface area contributed by atoms with Crippen molar-refractivity contribution in [1.82, 2.24) is 14.5 Å². The Morgan fingerprint density at radius 3 is 2.72 bits per heavy atom. The van der Waals surface area contributed by atoms with Gasteiger partial charge in [-0.05, 0) is 5.92 Å². The average Bonchev–Trinajstić information content (AvgIpc) is 2.74. The minimum absolute atomic E-state index is 0.0935. The average molecular weight is 262 g/mol. The van der Waals surface area contributed by atoms with Gasteiger partial charge in [0.2, 0.25) is 0 Å². The number of rotatable bonds is 3. The van der Waals surface area contributed by atoms with E-state index >= 15 is 0 Å². The van der Waals surface area contributed by atoms with E-state index < -0.39 is 12.7 Å². The lowest BCUT2D eigenvalue weighted by Crippen LogP contribution is -2.29. The van der Waals surface area contributed by atoms with Crippen LogP contribution in [-0.4, -0.2) is 39.8 Å². The van der Waals surface area contributed by atoms with E-state index in [0.717, 1.165) is 11.1 Å². The number of likely N-dealkylation sites (tertiary alicyclic amines) is 1. The standard InChI is InChI=1S/C11H17F3N4/c1-8-4-17(5-9(8)15)6-10-16-2-3-18(10)7-11(12,13)14/h2-3,8-9H,4-7,15H2,1H3. The van der Waals surface area contributed by atoms with Crippen molar-refractivity contribution >= 4 is 0 Å². The zero-order valence-electron chi connectivity index (χ0n) is 10.2. The van der Waals surface area contributed by atoms with Gasteiger partial charge in [-0.2, -0.15) is 13.2 Å². The molecule has 0 amide bonds. The third kappa shape index (κ3) is 3.23. The molecule has 1 saturated heterocycles. The second kappa shape index (κ2) is 4.89. The summed E-state index contributed by atoms with van der Waals surface area (Å²) in [6.07, 6.45) is -1.45. The number of imidazole rings is 1. The quantitative estimate of drug-likeness (QED) is 0.891. The van der Waals surface area contributed by atoms with Gasteiger partial charge in [-0.25, -0.2) is 4.98 Å². The third-order valence-corrected chi connectivity index (χ3v) is 3.26. The summed E-state index contributed by atoms with van der Waals surface area (Å²) in [6, 6.07) is 0.0935. The van der Waals surface area contributed by atoms with Gasteiger partial charge in [-0.3, -0.25) is 4.90 Å². The molecule has 0 bridgehead atoms. The topological polar surface area (TPSA) is 47.1 Å². The predicted molar refractivity (Wildman–Crippen MR) is 60.7 cm³/mol. The maximum absolute atomic E-state index is 12.4. The van der Waals surface area contributed by atoms with E-state index in [1.54, 1.807) is 0 Å². The summed E-state index contributed by atoms with van der Waals surface area (Å²) in [7, 11) is 0. The van der Waals surface area contributed by atoms with Crippen molar-refractivity contribution in [2.75, 3.05) is 13.1 Å². The number of hydrogen-bond donors (Lipinski definition) is 1. The van der Waals surface area contributed by atoms with Gasteiger partial charge in [0.15, 0.2) is 0 Å². The maximum Gasteiger partial charge on any atom is 0.406 e. The fourth-order valence-electron chi connectivity index (χ4n) is 2.25. The van der Waals surface area contributed by atoms with Crippen LogP contribution in [0.2, 0.25) is 0 Å². The lowest BCUT2D eigenvalue weighted by molar-refractivity contribution is -0.141. The van der Waals surface area contributed by atoms with E-state index in [9.17, 15) is 13.2 Å². The summed E-state index contributed by atoms with van der Waals surface area (Å²) in [5.41, 5.74) is 5.89. The summed E-state index contributed by atoms with van der Waals surface area (Å²) in [5.74, 6) is 0.810. The first kappa shape index (κ1) is 13.4. The summed E-state index contributed by atoms with van der Waals surface area (Å²) in [6.45, 7) is 2.99. The molecule has 0 aromatic carbocycles. The van der Waals surface area contributed by atoms with E-state index in [1.165, 1.54) is 12.4 Å². The summed E-state index contributed by atoms with van der Waals surface area (Å²) in [5, 5.41) is 0. The Hall–Kier alpha value is -1.08. The van der Waals surface area contributed by atoms with Crippen LogP contribution < -0.4 is 5.73 Å². The van der Waals surface area contributed by atoms with Crippen molar-refractivity contribution in [3.05, 3.63) is 18.2 Å². The molecule has 18 heavy (non-hydrogen) atoms. The SMILES string of the molecule is CC1CN(Cc2nccn2CC(F)(F)F)CC1N.